The number of aliphatic hydroxyl groups excluding tert-OH is 2. The highest BCUT2D eigenvalue weighted by Crippen LogP contribution is 2.34. The highest BCUT2D eigenvalue weighted by molar-refractivity contribution is 5.56. The lowest BCUT2D eigenvalue weighted by molar-refractivity contribution is 0.194. The van der Waals surface area contributed by atoms with Gasteiger partial charge in [-0.3, -0.25) is 0 Å². The maximum absolute atomic E-state index is 13.9. The second-order valence-corrected chi connectivity index (χ2v) is 5.20. The van der Waals surface area contributed by atoms with E-state index >= 15 is 0 Å². The first-order valence-corrected chi connectivity index (χ1v) is 6.99. The van der Waals surface area contributed by atoms with Crippen molar-refractivity contribution in [1.29, 1.82) is 0 Å². The van der Waals surface area contributed by atoms with Crippen molar-refractivity contribution in [2.24, 2.45) is 0 Å². The third-order valence-electron chi connectivity index (χ3n) is 3.86. The zero-order chi connectivity index (χ0) is 13.8. The summed E-state index contributed by atoms with van der Waals surface area (Å²) in [7, 11) is 0. The van der Waals surface area contributed by atoms with Crippen LogP contribution in [0.2, 0.25) is 0 Å². The van der Waals surface area contributed by atoms with Gasteiger partial charge in [-0.05, 0) is 31.9 Å². The van der Waals surface area contributed by atoms with Gasteiger partial charge in [-0.25, -0.2) is 4.39 Å². The maximum atomic E-state index is 13.9. The van der Waals surface area contributed by atoms with Gasteiger partial charge in [0.25, 0.3) is 0 Å². The van der Waals surface area contributed by atoms with E-state index in [-0.39, 0.29) is 12.4 Å². The summed E-state index contributed by atoms with van der Waals surface area (Å²) in [5.41, 5.74) is 1.05. The van der Waals surface area contributed by atoms with Crippen LogP contribution in [-0.4, -0.2) is 29.4 Å². The molecule has 0 saturated heterocycles. The molecule has 1 fully saturated rings. The Kier molecular flexibility index (Phi) is 4.77. The number of aliphatic hydroxyl groups is 2. The zero-order valence-corrected chi connectivity index (χ0v) is 11.3. The van der Waals surface area contributed by atoms with Gasteiger partial charge in [-0.15, -0.1) is 0 Å². The molecule has 2 rings (SSSR count). The third-order valence-corrected chi connectivity index (χ3v) is 3.86. The van der Waals surface area contributed by atoms with E-state index in [0.29, 0.717) is 18.2 Å². The van der Waals surface area contributed by atoms with Gasteiger partial charge in [0.05, 0.1) is 12.7 Å². The van der Waals surface area contributed by atoms with Crippen LogP contribution in [0, 0.1) is 5.82 Å². The van der Waals surface area contributed by atoms with Crippen LogP contribution in [0.5, 0.6) is 0 Å². The Labute approximate surface area is 113 Å². The van der Waals surface area contributed by atoms with Gasteiger partial charge in [-0.2, -0.15) is 0 Å². The molecular weight excluding hydrogens is 245 g/mol. The van der Waals surface area contributed by atoms with E-state index in [1.54, 1.807) is 13.0 Å². The molecule has 0 heterocycles. The van der Waals surface area contributed by atoms with Crippen LogP contribution in [0.1, 0.15) is 44.3 Å². The highest BCUT2D eigenvalue weighted by atomic mass is 19.1. The molecule has 3 nitrogen and oxygen atoms in total. The molecule has 106 valence electrons. The molecular formula is C15H22FNO2. The smallest absolute Gasteiger partial charge is 0.131 e. The summed E-state index contributed by atoms with van der Waals surface area (Å²) in [6.07, 6.45) is 3.63. The maximum Gasteiger partial charge on any atom is 0.131 e. The predicted molar refractivity (Wildman–Crippen MR) is 73.7 cm³/mol. The molecule has 0 aliphatic heterocycles. The van der Waals surface area contributed by atoms with Crippen LogP contribution in [-0.2, 0) is 0 Å². The van der Waals surface area contributed by atoms with E-state index in [1.807, 2.05) is 6.07 Å². The van der Waals surface area contributed by atoms with Gasteiger partial charge >= 0.3 is 0 Å². The van der Waals surface area contributed by atoms with E-state index in [1.165, 1.54) is 18.9 Å². The summed E-state index contributed by atoms with van der Waals surface area (Å²) in [5, 5.41) is 19.1. The fourth-order valence-corrected chi connectivity index (χ4v) is 3.01. The summed E-state index contributed by atoms with van der Waals surface area (Å²) in [4.78, 5) is 2.05. The van der Waals surface area contributed by atoms with Crippen LogP contribution in [0.15, 0.2) is 18.2 Å². The van der Waals surface area contributed by atoms with Crippen molar-refractivity contribution in [3.8, 4) is 0 Å². The van der Waals surface area contributed by atoms with E-state index < -0.39 is 6.10 Å². The van der Waals surface area contributed by atoms with Crippen molar-refractivity contribution >= 4 is 5.69 Å². The minimum atomic E-state index is -0.848. The second-order valence-electron chi connectivity index (χ2n) is 5.20. The molecule has 0 unspecified atom stereocenters. The van der Waals surface area contributed by atoms with E-state index in [4.69, 9.17) is 0 Å². The van der Waals surface area contributed by atoms with Crippen molar-refractivity contribution in [2.75, 3.05) is 18.1 Å². The molecule has 2 N–H and O–H groups in total. The van der Waals surface area contributed by atoms with E-state index in [2.05, 4.69) is 4.90 Å². The average molecular weight is 267 g/mol. The fraction of sp³-hybridized carbons (Fsp3) is 0.600. The Morgan fingerprint density at radius 3 is 2.63 bits per heavy atom. The van der Waals surface area contributed by atoms with Gasteiger partial charge in [0.15, 0.2) is 0 Å². The summed E-state index contributed by atoms with van der Waals surface area (Å²) < 4.78 is 13.9. The summed E-state index contributed by atoms with van der Waals surface area (Å²) >= 11 is 0. The average Bonchev–Trinajstić information content (AvgIpc) is 2.88. The normalized spacial score (nSPS) is 17.7. The number of hydrogen-bond donors (Lipinski definition) is 2. The number of hydrogen-bond acceptors (Lipinski definition) is 3. The SMILES string of the molecule is C[C@H](O)c1c(F)cccc1N(CCO)C1CCCC1. The van der Waals surface area contributed by atoms with E-state index in [0.717, 1.165) is 18.5 Å². The molecule has 1 atom stereocenters. The van der Waals surface area contributed by atoms with Gasteiger partial charge < -0.3 is 15.1 Å². The van der Waals surface area contributed by atoms with Gasteiger partial charge in [0.1, 0.15) is 5.82 Å². The Morgan fingerprint density at radius 2 is 2.05 bits per heavy atom. The largest absolute Gasteiger partial charge is 0.395 e. The summed E-state index contributed by atoms with van der Waals surface area (Å²) in [6, 6.07) is 5.21. The Morgan fingerprint density at radius 1 is 1.37 bits per heavy atom. The monoisotopic (exact) mass is 267 g/mol. The quantitative estimate of drug-likeness (QED) is 0.862. The Hall–Kier alpha value is -1.13. The first-order chi connectivity index (χ1) is 9.15. The van der Waals surface area contributed by atoms with Crippen molar-refractivity contribution in [1.82, 2.24) is 0 Å². The van der Waals surface area contributed by atoms with Crippen LogP contribution in [0.25, 0.3) is 0 Å². The molecule has 4 heteroatoms. The van der Waals surface area contributed by atoms with E-state index in [9.17, 15) is 14.6 Å². The molecule has 0 radical (unpaired) electrons. The molecule has 1 saturated carbocycles. The summed E-state index contributed by atoms with van der Waals surface area (Å²) in [6.45, 7) is 2.09. The molecule has 19 heavy (non-hydrogen) atoms. The Bertz CT molecular complexity index is 417. The molecule has 1 aromatic carbocycles. The minimum absolute atomic E-state index is 0.0340. The van der Waals surface area contributed by atoms with Crippen LogP contribution >= 0.6 is 0 Å². The van der Waals surface area contributed by atoms with Crippen molar-refractivity contribution < 1.29 is 14.6 Å². The van der Waals surface area contributed by atoms with Gasteiger partial charge in [0.2, 0.25) is 0 Å². The topological polar surface area (TPSA) is 43.7 Å². The molecule has 0 amide bonds. The molecule has 1 aliphatic carbocycles. The zero-order valence-electron chi connectivity index (χ0n) is 11.3. The standard InChI is InChI=1S/C15H22FNO2/c1-11(19)15-13(16)7-4-8-14(15)17(9-10-18)12-5-2-3-6-12/h4,7-8,11-12,18-19H,2-3,5-6,9-10H2,1H3/t11-/m0/s1. The predicted octanol–water partition coefficient (Wildman–Crippen LogP) is 2.62. The molecule has 1 aromatic rings. The number of nitrogens with zero attached hydrogens (tertiary/aromatic N) is 1. The third kappa shape index (κ3) is 3.07. The fourth-order valence-electron chi connectivity index (χ4n) is 3.01. The Balaban J connectivity index is 2.37. The lowest BCUT2D eigenvalue weighted by Gasteiger charge is -2.33. The lowest BCUT2D eigenvalue weighted by Crippen LogP contribution is -2.36. The van der Waals surface area contributed by atoms with Crippen LogP contribution < -0.4 is 4.90 Å². The molecule has 1 aliphatic rings. The number of anilines is 1. The number of benzene rings is 1. The van der Waals surface area contributed by atoms with Crippen molar-refractivity contribution in [3.05, 3.63) is 29.6 Å². The van der Waals surface area contributed by atoms with Crippen LogP contribution in [0.3, 0.4) is 0 Å². The lowest BCUT2D eigenvalue weighted by atomic mass is 10.0. The molecule has 0 aromatic heterocycles. The molecule has 0 bridgehead atoms. The van der Waals surface area contributed by atoms with Gasteiger partial charge in [-0.1, -0.05) is 18.9 Å². The summed E-state index contributed by atoms with van der Waals surface area (Å²) in [5.74, 6) is -0.381. The number of rotatable bonds is 5. The van der Waals surface area contributed by atoms with Crippen molar-refractivity contribution in [3.63, 3.8) is 0 Å². The van der Waals surface area contributed by atoms with Crippen molar-refractivity contribution in [2.45, 2.75) is 44.8 Å². The first-order valence-electron chi connectivity index (χ1n) is 6.99. The van der Waals surface area contributed by atoms with Crippen LogP contribution in [0.4, 0.5) is 10.1 Å². The first kappa shape index (κ1) is 14.3. The van der Waals surface area contributed by atoms with Gasteiger partial charge in [0, 0.05) is 23.8 Å². The number of halogens is 1. The second kappa shape index (κ2) is 6.35. The highest BCUT2D eigenvalue weighted by Gasteiger charge is 2.26. The molecule has 0 spiro atoms. The minimum Gasteiger partial charge on any atom is -0.395 e.